The number of morpholine rings is 3. The highest BCUT2D eigenvalue weighted by Crippen LogP contribution is 2.69. The third-order valence-corrected chi connectivity index (χ3v) is 26.4. The summed E-state index contributed by atoms with van der Waals surface area (Å²) in [6.45, 7) is 16.6. The van der Waals surface area contributed by atoms with Crippen LogP contribution in [-0.2, 0) is 54.5 Å². The van der Waals surface area contributed by atoms with Gasteiger partial charge in [0.2, 0.25) is 0 Å². The number of phenols is 3. The molecule has 19 nitrogen and oxygen atoms in total. The summed E-state index contributed by atoms with van der Waals surface area (Å²) < 4.78 is 35.5. The third-order valence-electron chi connectivity index (χ3n) is 26.4. The van der Waals surface area contributed by atoms with E-state index in [1.54, 1.807) is 18.2 Å². The quantitative estimate of drug-likeness (QED) is 0.164. The molecule has 21 rings (SSSR count). The minimum atomic E-state index is -0.940. The van der Waals surface area contributed by atoms with Crippen LogP contribution in [0.3, 0.4) is 0 Å². The van der Waals surface area contributed by atoms with Crippen LogP contribution in [0.1, 0.15) is 123 Å². The second-order valence-corrected chi connectivity index (χ2v) is 30.8. The van der Waals surface area contributed by atoms with Crippen LogP contribution >= 0.6 is 0 Å². The molecular weight excluding hydrogens is 1160 g/mol. The molecule has 3 aromatic carbocycles. The van der Waals surface area contributed by atoms with Crippen molar-refractivity contribution in [3.63, 3.8) is 0 Å². The Balaban J connectivity index is 0.0000000969. The van der Waals surface area contributed by atoms with Gasteiger partial charge in [-0.3, -0.25) is 24.4 Å². The number of aromatic hydroxyl groups is 3. The first-order chi connectivity index (χ1) is 44.3. The van der Waals surface area contributed by atoms with Crippen molar-refractivity contribution in [2.75, 3.05) is 118 Å². The van der Waals surface area contributed by atoms with Gasteiger partial charge >= 0.3 is 0 Å². The SMILES string of the molecule is C1COCCN1.O=C1CC[C@]2(O)C3Cc4ccc(O)c5c4[C@]2(CCN3CC2CC2)[C@@H]1O5.Oc1ccc2c3c1O[C@@H]1C(N4CCOCC4)=CC[C@]4(O)C(C2)N(CC2CC2)CC[C@@]314.Oc1ccc2c3c1O[C@@H]1[C@@H](N4CCOCC4)CC[C@]4(O)C(C2)N(CC2CC2)CC[C@@]314. The molecule has 0 aromatic heterocycles. The number of phenolic OH excluding ortho intramolecular Hbond substituents is 3. The molecule has 3 unspecified atom stereocenters. The van der Waals surface area contributed by atoms with Gasteiger partial charge in [0.1, 0.15) is 6.10 Å². The first kappa shape index (κ1) is 58.8. The first-order valence-electron chi connectivity index (χ1n) is 35.4. The van der Waals surface area contributed by atoms with Crippen LogP contribution in [-0.4, -0.2) is 238 Å². The topological polar surface area (TPSA) is 222 Å². The lowest BCUT2D eigenvalue weighted by Gasteiger charge is -2.65. The van der Waals surface area contributed by atoms with Crippen molar-refractivity contribution in [3.8, 4) is 34.5 Å². The Bertz CT molecular complexity index is 3400. The van der Waals surface area contributed by atoms with Crippen LogP contribution in [0.15, 0.2) is 48.2 Å². The van der Waals surface area contributed by atoms with Gasteiger partial charge in [-0.25, -0.2) is 0 Å². The predicted octanol–water partition coefficient (Wildman–Crippen LogP) is 4.57. The first-order valence-corrected chi connectivity index (χ1v) is 35.4. The van der Waals surface area contributed by atoms with Crippen LogP contribution in [0.2, 0.25) is 0 Å². The maximum absolute atomic E-state index is 12.7. The van der Waals surface area contributed by atoms with Crippen molar-refractivity contribution in [2.45, 2.75) is 185 Å². The Morgan fingerprint density at radius 3 is 1.44 bits per heavy atom. The number of piperidine rings is 3. The average Bonchev–Trinajstić information content (AvgIpc) is 1.60. The predicted molar refractivity (Wildman–Crippen MR) is 335 cm³/mol. The molecule has 3 spiro atoms. The number of ketones is 1. The third kappa shape index (κ3) is 8.59. The number of nitrogens with one attached hydrogen (secondary N) is 1. The molecule has 9 aliphatic carbocycles. The fourth-order valence-corrected chi connectivity index (χ4v) is 21.7. The molecule has 3 aromatic rings. The number of ether oxygens (including phenoxy) is 6. The Morgan fingerprint density at radius 1 is 0.484 bits per heavy atom. The van der Waals surface area contributed by atoms with Gasteiger partial charge in [-0.2, -0.15) is 0 Å². The summed E-state index contributed by atoms with van der Waals surface area (Å²) in [6, 6.07) is 12.0. The van der Waals surface area contributed by atoms with Crippen molar-refractivity contribution in [3.05, 3.63) is 81.6 Å². The van der Waals surface area contributed by atoms with Crippen molar-refractivity contribution < 1.29 is 63.9 Å². The average molecular weight is 1250 g/mol. The number of aliphatic hydroxyl groups is 3. The summed E-state index contributed by atoms with van der Waals surface area (Å²) in [7, 11) is 0. The lowest BCUT2D eigenvalue weighted by molar-refractivity contribution is -0.203. The number of rotatable bonds is 8. The summed E-state index contributed by atoms with van der Waals surface area (Å²) >= 11 is 0. The van der Waals surface area contributed by atoms with Gasteiger partial charge in [0.15, 0.2) is 52.5 Å². The van der Waals surface area contributed by atoms with Crippen molar-refractivity contribution in [1.82, 2.24) is 29.8 Å². The van der Waals surface area contributed by atoms with E-state index in [4.69, 9.17) is 28.4 Å². The molecule has 5 saturated carbocycles. The van der Waals surface area contributed by atoms with Gasteiger partial charge in [0.05, 0.1) is 78.4 Å². The van der Waals surface area contributed by atoms with Crippen molar-refractivity contribution in [2.24, 2.45) is 17.8 Å². The minimum Gasteiger partial charge on any atom is -0.504 e. The second-order valence-electron chi connectivity index (χ2n) is 30.8. The molecule has 6 bridgehead atoms. The lowest BCUT2D eigenvalue weighted by atomic mass is 9.48. The van der Waals surface area contributed by atoms with Gasteiger partial charge in [-0.1, -0.05) is 24.3 Å². The Hall–Kier alpha value is -4.77. The summed E-state index contributed by atoms with van der Waals surface area (Å²) in [4.78, 5) is 25.3. The molecule has 9 aliphatic heterocycles. The van der Waals surface area contributed by atoms with Gasteiger partial charge < -0.3 is 69.3 Å². The van der Waals surface area contributed by atoms with Crippen LogP contribution in [0.25, 0.3) is 0 Å². The van der Waals surface area contributed by atoms with Gasteiger partial charge in [0, 0.05) is 106 Å². The van der Waals surface area contributed by atoms with E-state index in [1.165, 1.54) is 55.3 Å². The normalized spacial score (nSPS) is 40.0. The van der Waals surface area contributed by atoms with Crippen LogP contribution in [0.5, 0.6) is 34.5 Å². The number of benzene rings is 3. The van der Waals surface area contributed by atoms with Crippen molar-refractivity contribution in [1.29, 1.82) is 0 Å². The molecule has 7 N–H and O–H groups in total. The van der Waals surface area contributed by atoms with E-state index in [-0.39, 0.29) is 59.4 Å². The zero-order valence-corrected chi connectivity index (χ0v) is 52.8. The Labute approximate surface area is 533 Å². The van der Waals surface area contributed by atoms with Crippen LogP contribution in [0, 0.1) is 17.8 Å². The molecule has 11 fully saturated rings. The fraction of sp³-hybridized carbons (Fsp3) is 0.708. The van der Waals surface area contributed by atoms with E-state index < -0.39 is 39.2 Å². The summed E-state index contributed by atoms with van der Waals surface area (Å²) in [5.41, 5.74) is 3.89. The summed E-state index contributed by atoms with van der Waals surface area (Å²) in [5.74, 6) is 4.73. The highest BCUT2D eigenvalue weighted by atomic mass is 16.5. The Kier molecular flexibility index (Phi) is 14.0. The van der Waals surface area contributed by atoms with E-state index in [1.807, 2.05) is 6.07 Å². The fourth-order valence-electron chi connectivity index (χ4n) is 21.7. The number of carbonyl (C=O) groups is 1. The molecule has 13 atom stereocenters. The molecule has 18 aliphatic rings. The smallest absolute Gasteiger partial charge is 0.174 e. The number of Topliss-reactive ketones (excluding diaryl/α,β-unsaturated/α-hetero) is 1. The monoisotopic (exact) mass is 1250 g/mol. The molecule has 19 heteroatoms. The zero-order chi connectivity index (χ0) is 61.4. The maximum atomic E-state index is 12.7. The molecule has 9 heterocycles. The summed E-state index contributed by atoms with van der Waals surface area (Å²) in [6.07, 6.45) is 17.5. The molecule has 0 radical (unpaired) electrons. The van der Waals surface area contributed by atoms with E-state index in [9.17, 15) is 35.4 Å². The molecule has 0 amide bonds. The Morgan fingerprint density at radius 2 is 0.934 bits per heavy atom. The number of carbonyl (C=O) groups excluding carboxylic acids is 1. The zero-order valence-electron chi connectivity index (χ0n) is 52.8. The molecule has 6 saturated heterocycles. The van der Waals surface area contributed by atoms with E-state index in [0.717, 1.165) is 210 Å². The van der Waals surface area contributed by atoms with E-state index >= 15 is 0 Å². The highest BCUT2D eigenvalue weighted by Gasteiger charge is 2.76. The van der Waals surface area contributed by atoms with Crippen LogP contribution < -0.4 is 19.5 Å². The number of hydrogen-bond acceptors (Lipinski definition) is 19. The van der Waals surface area contributed by atoms with E-state index in [2.05, 4.69) is 48.0 Å². The standard InChI is InChI=1S/C24H32N2O4.C24H30N2O4.C20H23NO4.C4H9NO/c2*27-18-4-3-16-13-19-24(28)6-5-17(25-9-11-29-12-10-25)22-23(24,20(16)21(18)30-22)7-8-26(19)14-15-1-2-15;22-13-4-3-12-9-15-20(24)6-5-14(23)18-19(20,16(12)17(13)25-18)7-8-21(15)10-11-1-2-11;1-3-6-4-2-5-1/h3-4,15,17,19,22,27-28H,1-2,5-14H2;3-5,15,19,22,27-28H,1-2,6-14H2;3-4,11,15,18,22,24H,1-2,5-10H2;5H,1-4H2/t17-,19?,22+,23+,24-;19?,22-,23-,24+;15?,18-,19-,20+;/m011./s1. The lowest BCUT2D eigenvalue weighted by Crippen LogP contribution is -2.78. The highest BCUT2D eigenvalue weighted by molar-refractivity contribution is 5.90. The van der Waals surface area contributed by atoms with Gasteiger partial charge in [0.25, 0.3) is 0 Å². The number of hydrogen-bond donors (Lipinski definition) is 7. The van der Waals surface area contributed by atoms with E-state index in [0.29, 0.717) is 36.5 Å². The number of nitrogens with zero attached hydrogens (tertiary/aromatic N) is 5. The maximum Gasteiger partial charge on any atom is 0.174 e. The molecule has 490 valence electrons. The molecule has 91 heavy (non-hydrogen) atoms. The van der Waals surface area contributed by atoms with Crippen LogP contribution in [0.4, 0.5) is 0 Å². The largest absolute Gasteiger partial charge is 0.504 e. The minimum absolute atomic E-state index is 0.0454. The summed E-state index contributed by atoms with van der Waals surface area (Å²) in [5, 5.41) is 71.8. The second kappa shape index (κ2) is 21.6. The van der Waals surface area contributed by atoms with Gasteiger partial charge in [-0.15, -0.1) is 0 Å². The van der Waals surface area contributed by atoms with Gasteiger partial charge in [-0.05, 0) is 175 Å². The van der Waals surface area contributed by atoms with Crippen molar-refractivity contribution >= 4 is 5.78 Å². The number of likely N-dealkylation sites (tertiary alicyclic amines) is 3. The molecular formula is C72H94N6O13.